The molecule has 3 aliphatic rings. The van der Waals surface area contributed by atoms with E-state index in [4.69, 9.17) is 9.47 Å². The fourth-order valence-corrected chi connectivity index (χ4v) is 4.45. The second-order valence-electron chi connectivity index (χ2n) is 8.14. The SMILES string of the molecule is O=C(NCC(=O)N1CCC(C(=O)N2CCC3(CC2)OCCO3)CC1)c1ccccc1. The number of carbonyl (C=O) groups is 3. The number of likely N-dealkylation sites (tertiary alicyclic amines) is 2. The van der Waals surface area contributed by atoms with Crippen LogP contribution in [0, 0.1) is 5.92 Å². The Hall–Kier alpha value is -2.45. The zero-order valence-electron chi connectivity index (χ0n) is 17.2. The molecule has 0 radical (unpaired) electrons. The number of carbonyl (C=O) groups excluding carboxylic acids is 3. The average Bonchev–Trinajstić information content (AvgIpc) is 3.26. The molecule has 8 heteroatoms. The van der Waals surface area contributed by atoms with Crippen LogP contribution in [0.1, 0.15) is 36.0 Å². The second kappa shape index (κ2) is 9.14. The van der Waals surface area contributed by atoms with Crippen LogP contribution in [0.15, 0.2) is 30.3 Å². The summed E-state index contributed by atoms with van der Waals surface area (Å²) < 4.78 is 11.5. The second-order valence-corrected chi connectivity index (χ2v) is 8.14. The summed E-state index contributed by atoms with van der Waals surface area (Å²) in [6, 6.07) is 8.84. The Balaban J connectivity index is 1.19. The van der Waals surface area contributed by atoms with Crippen LogP contribution in [0.25, 0.3) is 0 Å². The molecule has 3 amide bonds. The minimum Gasteiger partial charge on any atom is -0.347 e. The first-order chi connectivity index (χ1) is 14.6. The van der Waals surface area contributed by atoms with Gasteiger partial charge >= 0.3 is 0 Å². The molecule has 3 heterocycles. The van der Waals surface area contributed by atoms with Crippen molar-refractivity contribution < 1.29 is 23.9 Å². The summed E-state index contributed by atoms with van der Waals surface area (Å²) in [6.07, 6.45) is 2.76. The average molecular weight is 415 g/mol. The highest BCUT2D eigenvalue weighted by Gasteiger charge is 2.42. The first-order valence-corrected chi connectivity index (χ1v) is 10.7. The normalized spacial score (nSPS) is 21.6. The fourth-order valence-electron chi connectivity index (χ4n) is 4.45. The van der Waals surface area contributed by atoms with Crippen LogP contribution in [-0.4, -0.2) is 79.2 Å². The van der Waals surface area contributed by atoms with Crippen molar-refractivity contribution in [2.45, 2.75) is 31.5 Å². The molecule has 1 spiro atoms. The third-order valence-corrected chi connectivity index (χ3v) is 6.28. The number of benzene rings is 1. The van der Waals surface area contributed by atoms with Gasteiger partial charge in [0.2, 0.25) is 11.8 Å². The van der Waals surface area contributed by atoms with Gasteiger partial charge in [0.15, 0.2) is 5.79 Å². The Morgan fingerprint density at radius 1 is 0.933 bits per heavy atom. The van der Waals surface area contributed by atoms with E-state index in [1.807, 2.05) is 11.0 Å². The first kappa shape index (κ1) is 20.8. The molecule has 162 valence electrons. The van der Waals surface area contributed by atoms with Gasteiger partial charge in [-0.3, -0.25) is 14.4 Å². The van der Waals surface area contributed by atoms with Crippen LogP contribution in [0.3, 0.4) is 0 Å². The molecule has 0 bridgehead atoms. The van der Waals surface area contributed by atoms with Crippen molar-refractivity contribution in [2.75, 3.05) is 45.9 Å². The molecule has 0 saturated carbocycles. The van der Waals surface area contributed by atoms with Gasteiger partial charge in [-0.25, -0.2) is 0 Å². The van der Waals surface area contributed by atoms with Gasteiger partial charge in [-0.15, -0.1) is 0 Å². The van der Waals surface area contributed by atoms with Crippen LogP contribution in [0.4, 0.5) is 0 Å². The van der Waals surface area contributed by atoms with E-state index in [0.29, 0.717) is 57.8 Å². The van der Waals surface area contributed by atoms with Crippen LogP contribution in [-0.2, 0) is 19.1 Å². The topological polar surface area (TPSA) is 88.2 Å². The molecule has 0 aromatic heterocycles. The lowest BCUT2D eigenvalue weighted by Crippen LogP contribution is -2.51. The predicted molar refractivity (Wildman–Crippen MR) is 109 cm³/mol. The first-order valence-electron chi connectivity index (χ1n) is 10.7. The largest absolute Gasteiger partial charge is 0.347 e. The summed E-state index contributed by atoms with van der Waals surface area (Å²) >= 11 is 0. The standard InChI is InChI=1S/C22H29N3O5/c26-19(16-23-20(27)17-4-2-1-3-5-17)24-10-6-18(7-11-24)21(28)25-12-8-22(9-13-25)29-14-15-30-22/h1-5,18H,6-16H2,(H,23,27). The maximum atomic E-state index is 12.9. The van der Waals surface area contributed by atoms with Crippen molar-refractivity contribution in [2.24, 2.45) is 5.92 Å². The summed E-state index contributed by atoms with van der Waals surface area (Å²) in [5.74, 6) is -0.719. The van der Waals surface area contributed by atoms with E-state index in [-0.39, 0.29) is 30.2 Å². The molecule has 8 nitrogen and oxygen atoms in total. The summed E-state index contributed by atoms with van der Waals surface area (Å²) in [4.78, 5) is 41.1. The Kier molecular flexibility index (Phi) is 6.34. The highest BCUT2D eigenvalue weighted by atomic mass is 16.7. The van der Waals surface area contributed by atoms with Gasteiger partial charge in [0.1, 0.15) is 0 Å². The van der Waals surface area contributed by atoms with E-state index in [9.17, 15) is 14.4 Å². The Labute approximate surface area is 176 Å². The molecule has 1 N–H and O–H groups in total. The zero-order valence-corrected chi connectivity index (χ0v) is 17.2. The lowest BCUT2D eigenvalue weighted by Gasteiger charge is -2.40. The number of ether oxygens (including phenoxy) is 2. The number of nitrogens with one attached hydrogen (secondary N) is 1. The quantitative estimate of drug-likeness (QED) is 0.793. The molecule has 1 aromatic carbocycles. The maximum absolute atomic E-state index is 12.9. The number of hydrogen-bond donors (Lipinski definition) is 1. The van der Waals surface area contributed by atoms with E-state index in [0.717, 1.165) is 12.8 Å². The fraction of sp³-hybridized carbons (Fsp3) is 0.591. The minimum absolute atomic E-state index is 0.0272. The van der Waals surface area contributed by atoms with Gasteiger partial charge in [-0.2, -0.15) is 0 Å². The Bertz CT molecular complexity index is 760. The van der Waals surface area contributed by atoms with Gasteiger partial charge in [0, 0.05) is 50.5 Å². The van der Waals surface area contributed by atoms with Gasteiger partial charge in [-0.05, 0) is 25.0 Å². The third-order valence-electron chi connectivity index (χ3n) is 6.28. The Morgan fingerprint density at radius 3 is 2.20 bits per heavy atom. The van der Waals surface area contributed by atoms with Crippen LogP contribution in [0.5, 0.6) is 0 Å². The van der Waals surface area contributed by atoms with E-state index < -0.39 is 5.79 Å². The van der Waals surface area contributed by atoms with Crippen molar-refractivity contribution in [1.82, 2.24) is 15.1 Å². The molecule has 1 aromatic rings. The smallest absolute Gasteiger partial charge is 0.251 e. The van der Waals surface area contributed by atoms with Crippen molar-refractivity contribution >= 4 is 17.7 Å². The lowest BCUT2D eigenvalue weighted by molar-refractivity contribution is -0.188. The number of rotatable bonds is 4. The summed E-state index contributed by atoms with van der Waals surface area (Å²) in [5, 5.41) is 2.68. The van der Waals surface area contributed by atoms with Gasteiger partial charge < -0.3 is 24.6 Å². The number of nitrogens with zero attached hydrogens (tertiary/aromatic N) is 2. The highest BCUT2D eigenvalue weighted by Crippen LogP contribution is 2.32. The highest BCUT2D eigenvalue weighted by molar-refractivity contribution is 5.96. The monoisotopic (exact) mass is 415 g/mol. The molecular formula is C22H29N3O5. The maximum Gasteiger partial charge on any atom is 0.251 e. The van der Waals surface area contributed by atoms with Crippen LogP contribution >= 0.6 is 0 Å². The lowest BCUT2D eigenvalue weighted by atomic mass is 9.93. The van der Waals surface area contributed by atoms with Gasteiger partial charge in [0.25, 0.3) is 5.91 Å². The van der Waals surface area contributed by atoms with Crippen molar-refractivity contribution in [3.8, 4) is 0 Å². The molecule has 0 atom stereocenters. The molecule has 3 saturated heterocycles. The number of piperidine rings is 2. The summed E-state index contributed by atoms with van der Waals surface area (Å²) in [6.45, 7) is 3.63. The van der Waals surface area contributed by atoms with Crippen molar-refractivity contribution in [1.29, 1.82) is 0 Å². The van der Waals surface area contributed by atoms with E-state index in [1.165, 1.54) is 0 Å². The molecule has 30 heavy (non-hydrogen) atoms. The number of amides is 3. The van der Waals surface area contributed by atoms with E-state index in [1.54, 1.807) is 29.2 Å². The van der Waals surface area contributed by atoms with Crippen molar-refractivity contribution in [3.63, 3.8) is 0 Å². The van der Waals surface area contributed by atoms with E-state index >= 15 is 0 Å². The molecule has 3 aliphatic heterocycles. The van der Waals surface area contributed by atoms with E-state index in [2.05, 4.69) is 5.32 Å². The van der Waals surface area contributed by atoms with Crippen LogP contribution in [0.2, 0.25) is 0 Å². The Morgan fingerprint density at radius 2 is 1.57 bits per heavy atom. The summed E-state index contributed by atoms with van der Waals surface area (Å²) in [7, 11) is 0. The summed E-state index contributed by atoms with van der Waals surface area (Å²) in [5.41, 5.74) is 0.534. The third kappa shape index (κ3) is 4.65. The predicted octanol–water partition coefficient (Wildman–Crippen LogP) is 1.02. The molecule has 0 unspecified atom stereocenters. The zero-order chi connectivity index (χ0) is 21.0. The van der Waals surface area contributed by atoms with Gasteiger partial charge in [-0.1, -0.05) is 18.2 Å². The molecule has 4 rings (SSSR count). The molecule has 3 fully saturated rings. The number of hydrogen-bond acceptors (Lipinski definition) is 5. The molecular weight excluding hydrogens is 386 g/mol. The minimum atomic E-state index is -0.475. The van der Waals surface area contributed by atoms with Crippen LogP contribution < -0.4 is 5.32 Å². The van der Waals surface area contributed by atoms with Crippen molar-refractivity contribution in [3.05, 3.63) is 35.9 Å². The van der Waals surface area contributed by atoms with Gasteiger partial charge in [0.05, 0.1) is 19.8 Å². The molecule has 0 aliphatic carbocycles.